The smallest absolute Gasteiger partial charge is 0.167 e. The Morgan fingerprint density at radius 1 is 1.24 bits per heavy atom. The molecule has 0 N–H and O–H groups in total. The molecule has 0 aromatic carbocycles. The minimum Gasteiger partial charge on any atom is -0.379 e. The molecule has 17 heavy (non-hydrogen) atoms. The van der Waals surface area contributed by atoms with Crippen LogP contribution in [0.15, 0.2) is 10.2 Å². The molecule has 4 nitrogen and oxygen atoms in total. The standard InChI is InChI=1S/C13H25N3O/c1-6-7-8-9-15-16-13(4,11-14)10-12(2,3)17-5/h6-10H2,1-5H3. The Bertz CT molecular complexity index is 281. The van der Waals surface area contributed by atoms with E-state index in [1.54, 1.807) is 14.0 Å². The van der Waals surface area contributed by atoms with Gasteiger partial charge in [-0.05, 0) is 27.2 Å². The molecule has 0 aliphatic heterocycles. The Morgan fingerprint density at radius 3 is 2.35 bits per heavy atom. The van der Waals surface area contributed by atoms with Gasteiger partial charge in [-0.1, -0.05) is 19.8 Å². The Balaban J connectivity index is 4.34. The van der Waals surface area contributed by atoms with E-state index in [2.05, 4.69) is 23.2 Å². The van der Waals surface area contributed by atoms with Gasteiger partial charge in [0.2, 0.25) is 0 Å². The van der Waals surface area contributed by atoms with Gasteiger partial charge in [0.1, 0.15) is 0 Å². The summed E-state index contributed by atoms with van der Waals surface area (Å²) in [7, 11) is 1.65. The number of hydrogen-bond acceptors (Lipinski definition) is 4. The molecule has 0 aromatic heterocycles. The van der Waals surface area contributed by atoms with Crippen LogP contribution in [0.5, 0.6) is 0 Å². The second-order valence-corrected chi connectivity index (χ2v) is 5.20. The van der Waals surface area contributed by atoms with Crippen molar-refractivity contribution in [3.8, 4) is 6.07 Å². The van der Waals surface area contributed by atoms with Crippen molar-refractivity contribution < 1.29 is 4.74 Å². The fourth-order valence-electron chi connectivity index (χ4n) is 1.64. The highest BCUT2D eigenvalue weighted by Crippen LogP contribution is 2.26. The van der Waals surface area contributed by atoms with Gasteiger partial charge in [0.15, 0.2) is 5.54 Å². The fourth-order valence-corrected chi connectivity index (χ4v) is 1.64. The summed E-state index contributed by atoms with van der Waals surface area (Å²) in [5.41, 5.74) is -1.14. The molecule has 0 amide bonds. The Labute approximate surface area is 105 Å². The van der Waals surface area contributed by atoms with Gasteiger partial charge in [0, 0.05) is 13.5 Å². The van der Waals surface area contributed by atoms with E-state index in [1.165, 1.54) is 6.42 Å². The molecule has 1 unspecified atom stereocenters. The maximum Gasteiger partial charge on any atom is 0.167 e. The quantitative estimate of drug-likeness (QED) is 0.478. The number of azo groups is 1. The van der Waals surface area contributed by atoms with E-state index in [4.69, 9.17) is 4.74 Å². The molecule has 0 fully saturated rings. The Hall–Kier alpha value is -0.950. The first-order valence-corrected chi connectivity index (χ1v) is 6.24. The van der Waals surface area contributed by atoms with Crippen LogP contribution in [0.25, 0.3) is 0 Å². The summed E-state index contributed by atoms with van der Waals surface area (Å²) in [5, 5.41) is 17.5. The first-order valence-electron chi connectivity index (χ1n) is 6.24. The minimum absolute atomic E-state index is 0.354. The second kappa shape index (κ2) is 7.39. The Morgan fingerprint density at radius 2 is 1.88 bits per heavy atom. The number of rotatable bonds is 8. The van der Waals surface area contributed by atoms with Crippen molar-refractivity contribution in [2.75, 3.05) is 13.7 Å². The number of hydrogen-bond donors (Lipinski definition) is 0. The fraction of sp³-hybridized carbons (Fsp3) is 0.923. The zero-order valence-corrected chi connectivity index (χ0v) is 11.8. The first kappa shape index (κ1) is 16.1. The van der Waals surface area contributed by atoms with E-state index in [0.29, 0.717) is 13.0 Å². The zero-order valence-electron chi connectivity index (χ0n) is 11.8. The van der Waals surface area contributed by atoms with Gasteiger partial charge in [0.25, 0.3) is 0 Å². The lowest BCUT2D eigenvalue weighted by Gasteiger charge is -2.28. The van der Waals surface area contributed by atoms with Crippen molar-refractivity contribution in [2.45, 2.75) is 64.5 Å². The Kier molecular flexibility index (Phi) is 6.98. The van der Waals surface area contributed by atoms with E-state index in [0.717, 1.165) is 12.8 Å². The molecule has 0 rings (SSSR count). The average Bonchev–Trinajstić information content (AvgIpc) is 2.28. The van der Waals surface area contributed by atoms with Crippen LogP contribution in [0.2, 0.25) is 0 Å². The lowest BCUT2D eigenvalue weighted by atomic mass is 9.90. The van der Waals surface area contributed by atoms with Crippen LogP contribution in [0.4, 0.5) is 0 Å². The summed E-state index contributed by atoms with van der Waals surface area (Å²) < 4.78 is 5.33. The van der Waals surface area contributed by atoms with Crippen molar-refractivity contribution >= 4 is 0 Å². The molecule has 1 atom stereocenters. The van der Waals surface area contributed by atoms with Gasteiger partial charge in [-0.25, -0.2) is 0 Å². The van der Waals surface area contributed by atoms with Crippen LogP contribution in [-0.4, -0.2) is 24.8 Å². The van der Waals surface area contributed by atoms with Crippen molar-refractivity contribution in [3.63, 3.8) is 0 Å². The minimum atomic E-state index is -0.786. The van der Waals surface area contributed by atoms with Crippen molar-refractivity contribution in [1.29, 1.82) is 5.26 Å². The van der Waals surface area contributed by atoms with Crippen LogP contribution in [0, 0.1) is 11.3 Å². The van der Waals surface area contributed by atoms with Crippen molar-refractivity contribution in [1.82, 2.24) is 0 Å². The molecule has 0 radical (unpaired) electrons. The van der Waals surface area contributed by atoms with Gasteiger partial charge in [-0.15, -0.1) is 0 Å². The first-order chi connectivity index (χ1) is 7.89. The van der Waals surface area contributed by atoms with Crippen LogP contribution >= 0.6 is 0 Å². The molecule has 0 aromatic rings. The third kappa shape index (κ3) is 7.06. The normalized spacial score (nSPS) is 15.8. The predicted molar refractivity (Wildman–Crippen MR) is 69.0 cm³/mol. The van der Waals surface area contributed by atoms with Crippen LogP contribution in [-0.2, 0) is 4.74 Å². The molecular formula is C13H25N3O. The topological polar surface area (TPSA) is 57.7 Å². The molecular weight excluding hydrogens is 214 g/mol. The largest absolute Gasteiger partial charge is 0.379 e. The van der Waals surface area contributed by atoms with E-state index in [9.17, 15) is 5.26 Å². The number of unbranched alkanes of at least 4 members (excludes halogenated alkanes) is 2. The van der Waals surface area contributed by atoms with Gasteiger partial charge in [-0.3, -0.25) is 0 Å². The molecule has 0 heterocycles. The van der Waals surface area contributed by atoms with Gasteiger partial charge >= 0.3 is 0 Å². The summed E-state index contributed by atoms with van der Waals surface area (Å²) in [6.45, 7) is 8.57. The van der Waals surface area contributed by atoms with Crippen LogP contribution in [0.3, 0.4) is 0 Å². The molecule has 0 saturated heterocycles. The van der Waals surface area contributed by atoms with Crippen LogP contribution in [0.1, 0.15) is 53.4 Å². The van der Waals surface area contributed by atoms with E-state index in [-0.39, 0.29) is 5.60 Å². The number of nitrogens with zero attached hydrogens (tertiary/aromatic N) is 3. The second-order valence-electron chi connectivity index (χ2n) is 5.20. The van der Waals surface area contributed by atoms with Gasteiger partial charge < -0.3 is 4.74 Å². The molecule has 0 aliphatic rings. The highest BCUT2D eigenvalue weighted by molar-refractivity contribution is 5.06. The van der Waals surface area contributed by atoms with E-state index >= 15 is 0 Å². The molecule has 0 spiro atoms. The predicted octanol–water partition coefficient (Wildman–Crippen LogP) is 3.73. The van der Waals surface area contributed by atoms with Gasteiger partial charge in [-0.2, -0.15) is 15.5 Å². The average molecular weight is 239 g/mol. The molecule has 98 valence electrons. The molecule has 0 saturated carbocycles. The van der Waals surface area contributed by atoms with E-state index in [1.807, 2.05) is 13.8 Å². The summed E-state index contributed by atoms with van der Waals surface area (Å²) in [6, 6.07) is 2.22. The lowest BCUT2D eigenvalue weighted by Crippen LogP contribution is -2.34. The van der Waals surface area contributed by atoms with Gasteiger partial charge in [0.05, 0.1) is 18.2 Å². The summed E-state index contributed by atoms with van der Waals surface area (Å²) >= 11 is 0. The maximum atomic E-state index is 9.19. The monoisotopic (exact) mass is 239 g/mol. The molecule has 0 bridgehead atoms. The summed E-state index contributed by atoms with van der Waals surface area (Å²) in [4.78, 5) is 0. The third-order valence-corrected chi connectivity index (χ3v) is 2.72. The summed E-state index contributed by atoms with van der Waals surface area (Å²) in [6.07, 6.45) is 3.91. The summed E-state index contributed by atoms with van der Waals surface area (Å²) in [5.74, 6) is 0. The van der Waals surface area contributed by atoms with E-state index < -0.39 is 5.54 Å². The SMILES string of the molecule is CCCCCN=NC(C)(C#N)CC(C)(C)OC. The number of methoxy groups -OCH3 is 1. The third-order valence-electron chi connectivity index (χ3n) is 2.72. The van der Waals surface area contributed by atoms with Crippen molar-refractivity contribution in [2.24, 2.45) is 10.2 Å². The number of ether oxygens (including phenoxy) is 1. The van der Waals surface area contributed by atoms with Crippen molar-refractivity contribution in [3.05, 3.63) is 0 Å². The van der Waals surface area contributed by atoms with Crippen LogP contribution < -0.4 is 0 Å². The number of nitriles is 1. The highest BCUT2D eigenvalue weighted by atomic mass is 16.5. The zero-order chi connectivity index (χ0) is 13.4. The highest BCUT2D eigenvalue weighted by Gasteiger charge is 2.32. The molecule has 0 aliphatic carbocycles. The lowest BCUT2D eigenvalue weighted by molar-refractivity contribution is 0.00482. The molecule has 4 heteroatoms. The maximum absolute atomic E-state index is 9.19.